The molecule has 1 aliphatic rings. The molecule has 1 aromatic heterocycles. The molecule has 2 aromatic rings. The van der Waals surface area contributed by atoms with Crippen LogP contribution in [0.5, 0.6) is 5.75 Å². The molecule has 1 aromatic carbocycles. The van der Waals surface area contributed by atoms with Gasteiger partial charge in [0.1, 0.15) is 5.75 Å². The number of aromatic nitrogens is 2. The van der Waals surface area contributed by atoms with Crippen LogP contribution in [0.3, 0.4) is 0 Å². The Morgan fingerprint density at radius 2 is 2.16 bits per heavy atom. The molecular weight excluding hydrogens is 242 g/mol. The molecule has 0 spiro atoms. The van der Waals surface area contributed by atoms with Gasteiger partial charge in [0.05, 0.1) is 13.0 Å². The van der Waals surface area contributed by atoms with Crippen molar-refractivity contribution in [3.63, 3.8) is 0 Å². The molecule has 2 heterocycles. The van der Waals surface area contributed by atoms with Gasteiger partial charge in [-0.25, -0.2) is 0 Å². The number of nitrogens with zero attached hydrogens (tertiary/aromatic N) is 3. The zero-order valence-corrected chi connectivity index (χ0v) is 11.2. The standard InChI is InChI=1S/C14H17N3O2/c1-10-15-14(19-16-10)12-8-17(9-12)7-11-5-3-4-6-13(11)18-2/h3-6,12H,7-9H2,1-2H3. The maximum absolute atomic E-state index is 5.36. The predicted molar refractivity (Wildman–Crippen MR) is 70.0 cm³/mol. The summed E-state index contributed by atoms with van der Waals surface area (Å²) < 4.78 is 10.6. The molecule has 0 atom stereocenters. The van der Waals surface area contributed by atoms with Crippen LogP contribution in [-0.2, 0) is 6.54 Å². The third-order valence-corrected chi connectivity index (χ3v) is 3.44. The van der Waals surface area contributed by atoms with Gasteiger partial charge in [0.15, 0.2) is 5.82 Å². The fraction of sp³-hybridized carbons (Fsp3) is 0.429. The van der Waals surface area contributed by atoms with Crippen LogP contribution in [0.2, 0.25) is 0 Å². The first kappa shape index (κ1) is 12.2. The highest BCUT2D eigenvalue weighted by molar-refractivity contribution is 5.33. The Labute approximate surface area is 112 Å². The molecule has 19 heavy (non-hydrogen) atoms. The maximum Gasteiger partial charge on any atom is 0.232 e. The summed E-state index contributed by atoms with van der Waals surface area (Å²) in [6, 6.07) is 8.12. The topological polar surface area (TPSA) is 51.4 Å². The van der Waals surface area contributed by atoms with Gasteiger partial charge in [0.25, 0.3) is 0 Å². The summed E-state index contributed by atoms with van der Waals surface area (Å²) in [7, 11) is 1.71. The van der Waals surface area contributed by atoms with E-state index in [9.17, 15) is 0 Å². The second-order valence-electron chi connectivity index (χ2n) is 4.88. The van der Waals surface area contributed by atoms with Crippen molar-refractivity contribution in [1.29, 1.82) is 0 Å². The lowest BCUT2D eigenvalue weighted by Crippen LogP contribution is -2.44. The average molecular weight is 259 g/mol. The summed E-state index contributed by atoms with van der Waals surface area (Å²) >= 11 is 0. The van der Waals surface area contributed by atoms with E-state index >= 15 is 0 Å². The average Bonchev–Trinajstić information content (AvgIpc) is 2.80. The largest absolute Gasteiger partial charge is 0.496 e. The first-order chi connectivity index (χ1) is 9.26. The van der Waals surface area contributed by atoms with E-state index in [1.54, 1.807) is 7.11 Å². The summed E-state index contributed by atoms with van der Waals surface area (Å²) in [6.07, 6.45) is 0. The predicted octanol–water partition coefficient (Wildman–Crippen LogP) is 1.99. The van der Waals surface area contributed by atoms with Crippen LogP contribution in [0, 0.1) is 6.92 Å². The van der Waals surface area contributed by atoms with Gasteiger partial charge in [-0.1, -0.05) is 23.4 Å². The zero-order chi connectivity index (χ0) is 13.2. The molecule has 0 N–H and O–H groups in total. The van der Waals surface area contributed by atoms with Gasteiger partial charge in [0.2, 0.25) is 5.89 Å². The summed E-state index contributed by atoms with van der Waals surface area (Å²) in [5.74, 6) is 2.78. The third kappa shape index (κ3) is 2.46. The van der Waals surface area contributed by atoms with Gasteiger partial charge in [-0.2, -0.15) is 4.98 Å². The number of hydrogen-bond donors (Lipinski definition) is 0. The van der Waals surface area contributed by atoms with Gasteiger partial charge < -0.3 is 9.26 Å². The fourth-order valence-corrected chi connectivity index (χ4v) is 2.41. The van der Waals surface area contributed by atoms with E-state index in [2.05, 4.69) is 21.1 Å². The Kier molecular flexibility index (Phi) is 3.21. The Morgan fingerprint density at radius 3 is 2.84 bits per heavy atom. The van der Waals surface area contributed by atoms with Crippen molar-refractivity contribution in [2.45, 2.75) is 19.4 Å². The van der Waals surface area contributed by atoms with Crippen molar-refractivity contribution in [3.8, 4) is 5.75 Å². The smallest absolute Gasteiger partial charge is 0.232 e. The Bertz CT molecular complexity index is 561. The molecule has 1 fully saturated rings. The first-order valence-corrected chi connectivity index (χ1v) is 6.40. The van der Waals surface area contributed by atoms with Crippen LogP contribution in [0.4, 0.5) is 0 Å². The molecular formula is C14H17N3O2. The van der Waals surface area contributed by atoms with E-state index in [-0.39, 0.29) is 0 Å². The molecule has 0 aliphatic carbocycles. The molecule has 0 unspecified atom stereocenters. The minimum absolute atomic E-state index is 0.371. The number of hydrogen-bond acceptors (Lipinski definition) is 5. The molecule has 0 saturated carbocycles. The number of rotatable bonds is 4. The normalized spacial score (nSPS) is 16.3. The monoisotopic (exact) mass is 259 g/mol. The fourth-order valence-electron chi connectivity index (χ4n) is 2.41. The highest BCUT2D eigenvalue weighted by Gasteiger charge is 2.32. The van der Waals surface area contributed by atoms with Crippen molar-refractivity contribution < 1.29 is 9.26 Å². The van der Waals surface area contributed by atoms with Gasteiger partial charge in [-0.3, -0.25) is 4.90 Å². The first-order valence-electron chi connectivity index (χ1n) is 6.40. The van der Waals surface area contributed by atoms with Crippen molar-refractivity contribution in [2.24, 2.45) is 0 Å². The molecule has 0 bridgehead atoms. The molecule has 5 heteroatoms. The number of benzene rings is 1. The van der Waals surface area contributed by atoms with Crippen LogP contribution in [0.15, 0.2) is 28.8 Å². The lowest BCUT2D eigenvalue weighted by Gasteiger charge is -2.37. The molecule has 1 saturated heterocycles. The Balaban J connectivity index is 1.59. The quantitative estimate of drug-likeness (QED) is 0.840. The molecule has 5 nitrogen and oxygen atoms in total. The third-order valence-electron chi connectivity index (χ3n) is 3.44. The summed E-state index contributed by atoms with van der Waals surface area (Å²) in [4.78, 5) is 6.63. The van der Waals surface area contributed by atoms with Gasteiger partial charge in [-0.05, 0) is 13.0 Å². The Hall–Kier alpha value is -1.88. The van der Waals surface area contributed by atoms with Crippen LogP contribution in [-0.4, -0.2) is 35.2 Å². The summed E-state index contributed by atoms with van der Waals surface area (Å²) in [5.41, 5.74) is 1.21. The second kappa shape index (κ2) is 5.01. The molecule has 1 aliphatic heterocycles. The minimum Gasteiger partial charge on any atom is -0.496 e. The van der Waals surface area contributed by atoms with Crippen molar-refractivity contribution >= 4 is 0 Å². The molecule has 0 amide bonds. The van der Waals surface area contributed by atoms with E-state index in [4.69, 9.17) is 9.26 Å². The maximum atomic E-state index is 5.36. The summed E-state index contributed by atoms with van der Waals surface area (Å²) in [5, 5.41) is 3.83. The number of para-hydroxylation sites is 1. The number of ether oxygens (including phenoxy) is 1. The van der Waals surface area contributed by atoms with Gasteiger partial charge in [0, 0.05) is 25.2 Å². The van der Waals surface area contributed by atoms with Crippen LogP contribution >= 0.6 is 0 Å². The molecule has 0 radical (unpaired) electrons. The van der Waals surface area contributed by atoms with Crippen molar-refractivity contribution in [1.82, 2.24) is 15.0 Å². The minimum atomic E-state index is 0.371. The lowest BCUT2D eigenvalue weighted by molar-refractivity contribution is 0.116. The second-order valence-corrected chi connectivity index (χ2v) is 4.88. The number of aryl methyl sites for hydroxylation is 1. The Morgan fingerprint density at radius 1 is 1.37 bits per heavy atom. The number of methoxy groups -OCH3 is 1. The van der Waals surface area contributed by atoms with Gasteiger partial charge >= 0.3 is 0 Å². The highest BCUT2D eigenvalue weighted by Crippen LogP contribution is 2.29. The van der Waals surface area contributed by atoms with E-state index in [0.717, 1.165) is 31.3 Å². The molecule has 100 valence electrons. The summed E-state index contributed by atoms with van der Waals surface area (Å²) in [6.45, 7) is 4.66. The van der Waals surface area contributed by atoms with Crippen molar-refractivity contribution in [2.75, 3.05) is 20.2 Å². The highest BCUT2D eigenvalue weighted by atomic mass is 16.5. The SMILES string of the molecule is COc1ccccc1CN1CC(c2nc(C)no2)C1. The van der Waals surface area contributed by atoms with Crippen molar-refractivity contribution in [3.05, 3.63) is 41.5 Å². The number of likely N-dealkylation sites (tertiary alicyclic amines) is 1. The lowest BCUT2D eigenvalue weighted by atomic mass is 9.99. The van der Waals surface area contributed by atoms with Crippen LogP contribution in [0.25, 0.3) is 0 Å². The van der Waals surface area contributed by atoms with E-state index in [1.807, 2.05) is 25.1 Å². The van der Waals surface area contributed by atoms with Crippen LogP contribution in [0.1, 0.15) is 23.2 Å². The zero-order valence-electron chi connectivity index (χ0n) is 11.2. The van der Waals surface area contributed by atoms with Gasteiger partial charge in [-0.15, -0.1) is 0 Å². The van der Waals surface area contributed by atoms with Crippen LogP contribution < -0.4 is 4.74 Å². The van der Waals surface area contributed by atoms with E-state index in [0.29, 0.717) is 11.7 Å². The van der Waals surface area contributed by atoms with E-state index in [1.165, 1.54) is 5.56 Å². The van der Waals surface area contributed by atoms with E-state index < -0.39 is 0 Å². The molecule has 3 rings (SSSR count).